The van der Waals surface area contributed by atoms with Crippen LogP contribution < -0.4 is 11.5 Å². The van der Waals surface area contributed by atoms with E-state index in [0.29, 0.717) is 16.3 Å². The average Bonchev–Trinajstić information content (AvgIpc) is 2.37. The largest absolute Gasteiger partial charge is 0.383 e. The van der Waals surface area contributed by atoms with Gasteiger partial charge in [-0.15, -0.1) is 0 Å². The molecule has 0 spiro atoms. The van der Waals surface area contributed by atoms with E-state index in [9.17, 15) is 0 Å². The Hall–Kier alpha value is -2.58. The first-order valence-electron chi connectivity index (χ1n) is 5.37. The number of aromatic nitrogens is 2. The Morgan fingerprint density at radius 2 is 1.84 bits per heavy atom. The van der Waals surface area contributed by atoms with Crippen molar-refractivity contribution >= 4 is 29.4 Å². The van der Waals surface area contributed by atoms with Crippen molar-refractivity contribution in [2.24, 2.45) is 0 Å². The van der Waals surface area contributed by atoms with Gasteiger partial charge in [0.05, 0.1) is 11.8 Å². The Bertz CT molecular complexity index is 671. The van der Waals surface area contributed by atoms with Crippen LogP contribution in [0.15, 0.2) is 30.3 Å². The third-order valence-corrected chi connectivity index (χ3v) is 2.68. The predicted molar refractivity (Wildman–Crippen MR) is 75.9 cm³/mol. The van der Waals surface area contributed by atoms with Gasteiger partial charge in [0.1, 0.15) is 5.82 Å². The number of allylic oxidation sites excluding steroid dienone is 1. The van der Waals surface area contributed by atoms with Gasteiger partial charge in [0.15, 0.2) is 0 Å². The molecule has 4 N–H and O–H groups in total. The van der Waals surface area contributed by atoms with Gasteiger partial charge in [0, 0.05) is 16.7 Å². The summed E-state index contributed by atoms with van der Waals surface area (Å²) in [6, 6.07) is 8.99. The van der Waals surface area contributed by atoms with Gasteiger partial charge in [0.25, 0.3) is 0 Å². The van der Waals surface area contributed by atoms with Crippen LogP contribution in [0.25, 0.3) is 17.2 Å². The second-order valence-electron chi connectivity index (χ2n) is 3.70. The van der Waals surface area contributed by atoms with Crippen molar-refractivity contribution in [3.05, 3.63) is 41.1 Å². The third-order valence-electron chi connectivity index (χ3n) is 2.43. The van der Waals surface area contributed by atoms with E-state index in [1.54, 1.807) is 30.3 Å². The highest BCUT2D eigenvalue weighted by atomic mass is 35.5. The van der Waals surface area contributed by atoms with Crippen LogP contribution >= 0.6 is 11.6 Å². The number of halogens is 1. The molecule has 0 amide bonds. The second kappa shape index (κ2) is 5.38. The fraction of sp³-hybridized carbons (Fsp3) is 0. The highest BCUT2D eigenvalue weighted by Gasteiger charge is 2.11. The van der Waals surface area contributed by atoms with E-state index in [2.05, 4.69) is 9.97 Å². The van der Waals surface area contributed by atoms with Crippen LogP contribution in [-0.4, -0.2) is 9.97 Å². The zero-order valence-electron chi connectivity index (χ0n) is 9.84. The number of hydrogen-bond acceptors (Lipinski definition) is 5. The number of hydrogen-bond donors (Lipinski definition) is 2. The van der Waals surface area contributed by atoms with E-state index in [0.717, 1.165) is 5.56 Å². The van der Waals surface area contributed by atoms with Gasteiger partial charge in [-0.25, -0.2) is 4.98 Å². The molecule has 19 heavy (non-hydrogen) atoms. The van der Waals surface area contributed by atoms with Crippen LogP contribution in [0, 0.1) is 11.3 Å². The molecule has 1 heterocycles. The van der Waals surface area contributed by atoms with Gasteiger partial charge in [0.2, 0.25) is 5.95 Å². The number of nitrogens with zero attached hydrogens (tertiary/aromatic N) is 3. The molecular weight excluding hydrogens is 262 g/mol. The summed E-state index contributed by atoms with van der Waals surface area (Å²) in [5.74, 6) is 0.320. The van der Waals surface area contributed by atoms with E-state index < -0.39 is 0 Å². The Morgan fingerprint density at radius 1 is 1.16 bits per heavy atom. The third kappa shape index (κ3) is 2.81. The zero-order chi connectivity index (χ0) is 13.8. The lowest BCUT2D eigenvalue weighted by Gasteiger charge is -2.09. The molecule has 6 heteroatoms. The van der Waals surface area contributed by atoms with Crippen molar-refractivity contribution in [3.8, 4) is 17.2 Å². The molecule has 0 saturated carbocycles. The van der Waals surface area contributed by atoms with Crippen LogP contribution in [0.4, 0.5) is 11.8 Å². The summed E-state index contributed by atoms with van der Waals surface area (Å²) in [7, 11) is 0. The molecule has 0 aliphatic carbocycles. The molecule has 2 rings (SSSR count). The molecule has 1 aromatic carbocycles. The van der Waals surface area contributed by atoms with Crippen molar-refractivity contribution < 1.29 is 0 Å². The molecule has 0 aliphatic rings. The van der Waals surface area contributed by atoms with Gasteiger partial charge < -0.3 is 11.5 Å². The van der Waals surface area contributed by atoms with E-state index in [1.807, 2.05) is 6.07 Å². The monoisotopic (exact) mass is 271 g/mol. The molecule has 0 aliphatic heterocycles. The van der Waals surface area contributed by atoms with Gasteiger partial charge in [-0.05, 0) is 23.8 Å². The molecule has 0 fully saturated rings. The summed E-state index contributed by atoms with van der Waals surface area (Å²) >= 11 is 5.85. The summed E-state index contributed by atoms with van der Waals surface area (Å²) in [4.78, 5) is 8.02. The highest BCUT2D eigenvalue weighted by Crippen LogP contribution is 2.29. The first-order chi connectivity index (χ1) is 9.11. The van der Waals surface area contributed by atoms with E-state index in [4.69, 9.17) is 28.3 Å². The lowest BCUT2D eigenvalue weighted by Crippen LogP contribution is -2.04. The molecular formula is C13H10ClN5. The smallest absolute Gasteiger partial charge is 0.222 e. The van der Waals surface area contributed by atoms with Crippen LogP contribution in [0.5, 0.6) is 0 Å². The predicted octanol–water partition coefficient (Wildman–Crippen LogP) is 2.50. The highest BCUT2D eigenvalue weighted by molar-refractivity contribution is 6.30. The number of rotatable bonds is 2. The molecule has 0 saturated heterocycles. The number of nitrogen functional groups attached to an aromatic ring is 2. The Balaban J connectivity index is 2.64. The summed E-state index contributed by atoms with van der Waals surface area (Å²) in [6.45, 7) is 0. The zero-order valence-corrected chi connectivity index (χ0v) is 10.6. The minimum absolute atomic E-state index is 0.0628. The van der Waals surface area contributed by atoms with Crippen LogP contribution in [0.1, 0.15) is 5.69 Å². The van der Waals surface area contributed by atoms with Gasteiger partial charge in [-0.1, -0.05) is 23.7 Å². The Labute approximate surface area is 115 Å². The standard InChI is InChI=1S/C13H10ClN5/c14-9-5-3-8(4-6-9)11-10(2-1-7-15)18-13(17)19-12(11)16/h1-6H,(H4,16,17,18,19)/b2-1-. The minimum Gasteiger partial charge on any atom is -0.383 e. The number of nitrogens with two attached hydrogens (primary N) is 2. The van der Waals surface area contributed by atoms with Gasteiger partial charge in [-0.3, -0.25) is 0 Å². The first-order valence-corrected chi connectivity index (χ1v) is 5.74. The van der Waals surface area contributed by atoms with Crippen LogP contribution in [0.3, 0.4) is 0 Å². The van der Waals surface area contributed by atoms with E-state index in [1.165, 1.54) is 6.08 Å². The first kappa shape index (κ1) is 12.9. The van der Waals surface area contributed by atoms with Crippen LogP contribution in [0.2, 0.25) is 5.02 Å². The maximum Gasteiger partial charge on any atom is 0.222 e. The fourth-order valence-corrected chi connectivity index (χ4v) is 1.79. The van der Waals surface area contributed by atoms with Gasteiger partial charge in [-0.2, -0.15) is 10.2 Å². The summed E-state index contributed by atoms with van der Waals surface area (Å²) in [6.07, 6.45) is 2.85. The molecule has 2 aromatic rings. The van der Waals surface area contributed by atoms with Gasteiger partial charge >= 0.3 is 0 Å². The summed E-state index contributed by atoms with van der Waals surface area (Å²) in [5.41, 5.74) is 13.4. The molecule has 1 aromatic heterocycles. The molecule has 0 bridgehead atoms. The average molecular weight is 272 g/mol. The maximum absolute atomic E-state index is 8.60. The lowest BCUT2D eigenvalue weighted by atomic mass is 10.0. The topological polar surface area (TPSA) is 102 Å². The quantitative estimate of drug-likeness (QED) is 0.817. The Kier molecular flexibility index (Phi) is 3.64. The number of anilines is 2. The maximum atomic E-state index is 8.60. The number of nitriles is 1. The minimum atomic E-state index is 0.0628. The molecule has 0 atom stereocenters. The molecule has 0 radical (unpaired) electrons. The van der Waals surface area contributed by atoms with E-state index >= 15 is 0 Å². The normalized spacial score (nSPS) is 10.5. The van der Waals surface area contributed by atoms with Crippen molar-refractivity contribution in [1.29, 1.82) is 5.26 Å². The summed E-state index contributed by atoms with van der Waals surface area (Å²) < 4.78 is 0. The number of benzene rings is 1. The van der Waals surface area contributed by atoms with E-state index in [-0.39, 0.29) is 11.8 Å². The molecule has 94 valence electrons. The van der Waals surface area contributed by atoms with Crippen molar-refractivity contribution in [3.63, 3.8) is 0 Å². The Morgan fingerprint density at radius 3 is 2.47 bits per heavy atom. The van der Waals surface area contributed by atoms with Crippen molar-refractivity contribution in [2.75, 3.05) is 11.5 Å². The molecule has 5 nitrogen and oxygen atoms in total. The lowest BCUT2D eigenvalue weighted by molar-refractivity contribution is 1.18. The van der Waals surface area contributed by atoms with Crippen LogP contribution in [-0.2, 0) is 0 Å². The molecule has 0 unspecified atom stereocenters. The fourth-order valence-electron chi connectivity index (χ4n) is 1.66. The van der Waals surface area contributed by atoms with Crippen molar-refractivity contribution in [1.82, 2.24) is 9.97 Å². The SMILES string of the molecule is N#C/C=C\c1nc(N)nc(N)c1-c1ccc(Cl)cc1. The summed E-state index contributed by atoms with van der Waals surface area (Å²) in [5, 5.41) is 9.22. The van der Waals surface area contributed by atoms with Crippen molar-refractivity contribution in [2.45, 2.75) is 0 Å². The second-order valence-corrected chi connectivity index (χ2v) is 4.13.